The van der Waals surface area contributed by atoms with Crippen LogP contribution < -0.4 is 0 Å². The molecule has 0 spiro atoms. The zero-order chi connectivity index (χ0) is 7.56. The fourth-order valence-electron chi connectivity index (χ4n) is 0.763. The molecule has 0 aliphatic carbocycles. The molecule has 1 heterocycles. The molecule has 1 atom stereocenters. The van der Waals surface area contributed by atoms with E-state index in [2.05, 4.69) is 0 Å². The largest absolute Gasteiger partial charge is 0.491 e. The van der Waals surface area contributed by atoms with E-state index in [0.29, 0.717) is 12.4 Å². The number of ether oxygens (including phenoxy) is 2. The maximum atomic E-state index is 12.0. The lowest BCUT2D eigenvalue weighted by Crippen LogP contribution is -2.25. The Morgan fingerprint density at radius 1 is 1.50 bits per heavy atom. The van der Waals surface area contributed by atoms with Crippen molar-refractivity contribution in [2.45, 2.75) is 20.0 Å². The topological polar surface area (TPSA) is 18.5 Å². The van der Waals surface area contributed by atoms with Crippen molar-refractivity contribution in [3.05, 3.63) is 11.5 Å². The van der Waals surface area contributed by atoms with Crippen LogP contribution in [0.15, 0.2) is 11.5 Å². The lowest BCUT2D eigenvalue weighted by Gasteiger charge is -2.23. The first kappa shape index (κ1) is 7.38. The van der Waals surface area contributed by atoms with Gasteiger partial charge in [-0.2, -0.15) is 0 Å². The van der Waals surface area contributed by atoms with Crippen molar-refractivity contribution in [3.63, 3.8) is 0 Å². The summed E-state index contributed by atoms with van der Waals surface area (Å²) in [5, 5.41) is 0. The molecule has 2 nitrogen and oxygen atoms in total. The molecule has 0 aromatic carbocycles. The van der Waals surface area contributed by atoms with E-state index >= 15 is 0 Å². The first-order chi connectivity index (χ1) is 4.74. The number of alkyl halides is 1. The van der Waals surface area contributed by atoms with Crippen LogP contribution in [0.25, 0.3) is 0 Å². The molecular weight excluding hydrogens is 135 g/mol. The fourth-order valence-corrected chi connectivity index (χ4v) is 0.763. The lowest BCUT2D eigenvalue weighted by molar-refractivity contribution is -0.0135. The normalized spacial score (nSPS) is 25.7. The number of halogens is 1. The Bertz CT molecular complexity index is 154. The molecule has 1 unspecified atom stereocenters. The quantitative estimate of drug-likeness (QED) is 0.559. The van der Waals surface area contributed by atoms with Gasteiger partial charge in [-0.15, -0.1) is 0 Å². The van der Waals surface area contributed by atoms with Crippen molar-refractivity contribution in [1.29, 1.82) is 0 Å². The minimum Gasteiger partial charge on any atom is -0.491 e. The van der Waals surface area contributed by atoms with Crippen LogP contribution in [0.2, 0.25) is 0 Å². The third-order valence-corrected chi connectivity index (χ3v) is 1.50. The molecule has 0 aromatic heterocycles. The molecule has 1 rings (SSSR count). The van der Waals surface area contributed by atoms with Crippen LogP contribution in [0.1, 0.15) is 13.8 Å². The van der Waals surface area contributed by atoms with Crippen LogP contribution >= 0.6 is 0 Å². The molecule has 10 heavy (non-hydrogen) atoms. The third-order valence-electron chi connectivity index (χ3n) is 1.50. The lowest BCUT2D eigenvalue weighted by atomic mass is 10.3. The maximum absolute atomic E-state index is 12.0. The standard InChI is InChI=1S/C7H11FO2/c1-5-6(2)10-7(3-8)4-9-5/h7H,3-4H2,1-2H3. The van der Waals surface area contributed by atoms with Crippen LogP contribution in [0, 0.1) is 0 Å². The molecule has 0 fully saturated rings. The highest BCUT2D eigenvalue weighted by molar-refractivity contribution is 4.98. The van der Waals surface area contributed by atoms with E-state index in [1.807, 2.05) is 6.92 Å². The van der Waals surface area contributed by atoms with Crippen molar-refractivity contribution in [3.8, 4) is 0 Å². The Hall–Kier alpha value is -0.730. The smallest absolute Gasteiger partial charge is 0.160 e. The van der Waals surface area contributed by atoms with E-state index in [9.17, 15) is 4.39 Å². The highest BCUT2D eigenvalue weighted by Crippen LogP contribution is 2.16. The Morgan fingerprint density at radius 2 is 2.20 bits per heavy atom. The minimum absolute atomic E-state index is 0.333. The Labute approximate surface area is 59.6 Å². The van der Waals surface area contributed by atoms with Gasteiger partial charge in [-0.05, 0) is 13.8 Å². The second-order valence-corrected chi connectivity index (χ2v) is 2.32. The highest BCUT2D eigenvalue weighted by atomic mass is 19.1. The molecular formula is C7H11FO2. The van der Waals surface area contributed by atoms with Gasteiger partial charge < -0.3 is 9.47 Å². The van der Waals surface area contributed by atoms with Gasteiger partial charge in [-0.3, -0.25) is 0 Å². The van der Waals surface area contributed by atoms with Crippen molar-refractivity contribution in [2.24, 2.45) is 0 Å². The fraction of sp³-hybridized carbons (Fsp3) is 0.714. The zero-order valence-corrected chi connectivity index (χ0v) is 6.19. The molecule has 0 amide bonds. The van der Waals surface area contributed by atoms with E-state index in [4.69, 9.17) is 9.47 Å². The third kappa shape index (κ3) is 1.40. The van der Waals surface area contributed by atoms with Gasteiger partial charge in [-0.25, -0.2) is 4.39 Å². The minimum atomic E-state index is -0.482. The first-order valence-corrected chi connectivity index (χ1v) is 3.27. The van der Waals surface area contributed by atoms with Gasteiger partial charge in [-0.1, -0.05) is 0 Å². The van der Waals surface area contributed by atoms with Gasteiger partial charge in [0, 0.05) is 0 Å². The predicted octanol–water partition coefficient (Wildman–Crippen LogP) is 1.62. The number of hydrogen-bond donors (Lipinski definition) is 0. The maximum Gasteiger partial charge on any atom is 0.160 e. The summed E-state index contributed by atoms with van der Waals surface area (Å²) in [6.07, 6.45) is -0.399. The van der Waals surface area contributed by atoms with Gasteiger partial charge in [0.05, 0.1) is 0 Å². The Balaban J connectivity index is 2.54. The van der Waals surface area contributed by atoms with E-state index in [-0.39, 0.29) is 0 Å². The second-order valence-electron chi connectivity index (χ2n) is 2.32. The molecule has 0 bridgehead atoms. The monoisotopic (exact) mass is 146 g/mol. The molecule has 58 valence electrons. The SMILES string of the molecule is CC1=C(C)OC(CF)CO1. The van der Waals surface area contributed by atoms with Crippen molar-refractivity contribution < 1.29 is 13.9 Å². The van der Waals surface area contributed by atoms with Crippen LogP contribution in [0.4, 0.5) is 4.39 Å². The molecule has 3 heteroatoms. The van der Waals surface area contributed by atoms with Gasteiger partial charge >= 0.3 is 0 Å². The van der Waals surface area contributed by atoms with Crippen molar-refractivity contribution >= 4 is 0 Å². The number of rotatable bonds is 1. The summed E-state index contributed by atoms with van der Waals surface area (Å²) in [7, 11) is 0. The molecule has 0 saturated heterocycles. The molecule has 0 radical (unpaired) electrons. The number of hydrogen-bond acceptors (Lipinski definition) is 2. The second kappa shape index (κ2) is 2.90. The van der Waals surface area contributed by atoms with Gasteiger partial charge in [0.25, 0.3) is 0 Å². The van der Waals surface area contributed by atoms with Gasteiger partial charge in [0.1, 0.15) is 24.8 Å². The Morgan fingerprint density at radius 3 is 2.70 bits per heavy atom. The van der Waals surface area contributed by atoms with Gasteiger partial charge in [0.2, 0.25) is 0 Å². The molecule has 0 aromatic rings. The summed E-state index contributed by atoms with van der Waals surface area (Å²) in [5.41, 5.74) is 0. The summed E-state index contributed by atoms with van der Waals surface area (Å²) >= 11 is 0. The summed E-state index contributed by atoms with van der Waals surface area (Å²) in [6.45, 7) is 3.44. The summed E-state index contributed by atoms with van der Waals surface area (Å²) in [6, 6.07) is 0. The summed E-state index contributed by atoms with van der Waals surface area (Å²) in [4.78, 5) is 0. The molecule has 0 N–H and O–H groups in total. The van der Waals surface area contributed by atoms with Crippen LogP contribution in [0.5, 0.6) is 0 Å². The summed E-state index contributed by atoms with van der Waals surface area (Å²) < 4.78 is 22.2. The summed E-state index contributed by atoms with van der Waals surface area (Å²) in [5.74, 6) is 1.44. The zero-order valence-electron chi connectivity index (χ0n) is 6.19. The van der Waals surface area contributed by atoms with Crippen LogP contribution in [-0.4, -0.2) is 19.4 Å². The number of allylic oxidation sites excluding steroid dienone is 2. The molecule has 0 saturated carbocycles. The van der Waals surface area contributed by atoms with Crippen molar-refractivity contribution in [2.75, 3.05) is 13.3 Å². The van der Waals surface area contributed by atoms with Crippen LogP contribution in [-0.2, 0) is 9.47 Å². The average molecular weight is 146 g/mol. The predicted molar refractivity (Wildman–Crippen MR) is 35.2 cm³/mol. The molecule has 1 aliphatic heterocycles. The Kier molecular flexibility index (Phi) is 2.14. The van der Waals surface area contributed by atoms with E-state index < -0.39 is 12.8 Å². The van der Waals surface area contributed by atoms with E-state index in [0.717, 1.165) is 5.76 Å². The van der Waals surface area contributed by atoms with Crippen molar-refractivity contribution in [1.82, 2.24) is 0 Å². The first-order valence-electron chi connectivity index (χ1n) is 3.27. The van der Waals surface area contributed by atoms with Gasteiger partial charge in [0.15, 0.2) is 6.10 Å². The average Bonchev–Trinajstić information content (AvgIpc) is 1.95. The van der Waals surface area contributed by atoms with E-state index in [1.165, 1.54) is 0 Å². The van der Waals surface area contributed by atoms with E-state index in [1.54, 1.807) is 6.92 Å². The van der Waals surface area contributed by atoms with Crippen LogP contribution in [0.3, 0.4) is 0 Å². The molecule has 1 aliphatic rings. The highest BCUT2D eigenvalue weighted by Gasteiger charge is 2.17.